The molecule has 6 N–H and O–H groups in total. The van der Waals surface area contributed by atoms with Crippen LogP contribution in [-0.2, 0) is 47.3 Å². The zero-order chi connectivity index (χ0) is 66.4. The number of nitrogens with zero attached hydrogens (tertiary/aromatic N) is 4. The van der Waals surface area contributed by atoms with Gasteiger partial charge in [-0.25, -0.2) is 36.7 Å². The molecule has 0 saturated heterocycles. The van der Waals surface area contributed by atoms with E-state index < -0.39 is 125 Å². The SMILES string of the molecule is Cc1c2nc(C(=O)O)cc(OCCOCCOCCNC(=O)CCN(C)C(=O)c3c(F)c(F)c(F)c(F)c3C3=c4cc5c6c(c4Oc4c3cc3c7c4CCCN7C(C)(C)C=C3CS(=O)(=O)O)CCC[N+]=6C(C)(C)C=C5CS(=O)(=O)O)c2cc2c(=O)cc(C(=O)O)[nH]c12. The number of ether oxygens (including phenoxy) is 4. The van der Waals surface area contributed by atoms with Crippen LogP contribution in [-0.4, -0.2) is 164 Å². The molecule has 5 aliphatic rings. The second-order valence-corrected chi connectivity index (χ2v) is 27.1. The third-order valence-electron chi connectivity index (χ3n) is 17.1. The molecule has 7 heterocycles. The van der Waals surface area contributed by atoms with E-state index in [0.29, 0.717) is 59.1 Å². The van der Waals surface area contributed by atoms with E-state index in [0.717, 1.165) is 18.0 Å². The fourth-order valence-corrected chi connectivity index (χ4v) is 14.5. The van der Waals surface area contributed by atoms with Crippen molar-refractivity contribution in [2.24, 2.45) is 0 Å². The van der Waals surface area contributed by atoms with Crippen LogP contribution in [0.5, 0.6) is 17.2 Å². The number of fused-ring (bicyclic) bond motifs is 6. The Morgan fingerprint density at radius 3 is 2.14 bits per heavy atom. The fraction of sp³-hybridized carbons (Fsp3) is 0.381. The third-order valence-corrected chi connectivity index (χ3v) is 18.5. The van der Waals surface area contributed by atoms with Gasteiger partial charge in [0, 0.05) is 109 Å². The summed E-state index contributed by atoms with van der Waals surface area (Å²) in [4.78, 5) is 74.3. The fourth-order valence-electron chi connectivity index (χ4n) is 13.2. The molecular formula is C63H63F4N6O17S2+. The number of hydrogen-bond donors (Lipinski definition) is 6. The first-order valence-corrected chi connectivity index (χ1v) is 32.5. The number of pyridine rings is 2. The number of aromatic nitrogens is 2. The van der Waals surface area contributed by atoms with Crippen molar-refractivity contribution >= 4 is 88.2 Å². The lowest BCUT2D eigenvalue weighted by Gasteiger charge is -2.47. The number of carbonyl (C=O) groups excluding carboxylic acids is 2. The molecule has 6 aromatic rings. The second kappa shape index (κ2) is 24.1. The summed E-state index contributed by atoms with van der Waals surface area (Å²) in [5, 5.41) is 22.7. The first kappa shape index (κ1) is 64.9. The predicted molar refractivity (Wildman–Crippen MR) is 327 cm³/mol. The Morgan fingerprint density at radius 2 is 1.46 bits per heavy atom. The summed E-state index contributed by atoms with van der Waals surface area (Å²) in [5.74, 6) is -15.1. The van der Waals surface area contributed by atoms with Crippen LogP contribution in [0.3, 0.4) is 0 Å². The smallest absolute Gasteiger partial charge is 0.354 e. The molecule has 23 nitrogen and oxygen atoms in total. The average Bonchev–Trinajstić information content (AvgIpc) is 0.697. The standard InChI is InChI=1S/C63H62F4N6O17S2/c1-30-53-37(43(74)24-41(69-53)60(77)78)23-38-44(25-42(61(79)80)70-54(30)38)89-20-19-88-18-17-87-16-12-68-45(75)11-15-71(6)59(76)48-47(49(64)51(66)52(67)50(48)65)46-39-21-35-31(28-91(81,82)83)26-62(2,3)72-13-7-9-33(55(35)72)57(39)90-58-34-10-8-14-73-56(34)36(22-40(46)58)32(27-63(73,4)5)29-92(84,85)86/h21-27H,7-20,28-29H2,1-6H3,(H5-,68,69,70,74,75,77,78,79,80,81,82,83,84,85,86)/p+1. The van der Waals surface area contributed by atoms with Gasteiger partial charge in [-0.05, 0) is 81.0 Å². The topological polar surface area (TPSA) is 322 Å². The molecule has 5 aliphatic heterocycles. The van der Waals surface area contributed by atoms with Crippen LogP contribution in [0.4, 0.5) is 23.2 Å². The molecule has 4 aromatic carbocycles. The Morgan fingerprint density at radius 1 is 0.793 bits per heavy atom. The number of aromatic carboxylic acids is 2. The quantitative estimate of drug-likeness (QED) is 0.00956. The number of aromatic amines is 1. The van der Waals surface area contributed by atoms with Crippen LogP contribution < -0.4 is 40.3 Å². The highest BCUT2D eigenvalue weighted by Gasteiger charge is 2.45. The number of hydrogen-bond acceptors (Lipinski definition) is 15. The average molecular weight is 1320 g/mol. The lowest BCUT2D eigenvalue weighted by Crippen LogP contribution is -2.53. The Bertz CT molecular complexity index is 4760. The minimum absolute atomic E-state index is 0.0127. The maximum atomic E-state index is 17.5. The number of aryl methyl sites for hydroxylation is 1. The molecule has 92 heavy (non-hydrogen) atoms. The first-order valence-electron chi connectivity index (χ1n) is 29.3. The van der Waals surface area contributed by atoms with E-state index >= 15 is 17.6 Å². The van der Waals surface area contributed by atoms with Gasteiger partial charge in [-0.1, -0.05) is 6.08 Å². The monoisotopic (exact) mass is 1320 g/mol. The number of H-pyrrole nitrogens is 1. The van der Waals surface area contributed by atoms with Gasteiger partial charge in [0.25, 0.3) is 26.1 Å². The molecule has 0 spiro atoms. The van der Waals surface area contributed by atoms with E-state index in [1.807, 2.05) is 37.2 Å². The summed E-state index contributed by atoms with van der Waals surface area (Å²) in [7, 11) is -8.36. The number of amides is 2. The van der Waals surface area contributed by atoms with Crippen LogP contribution >= 0.6 is 0 Å². The molecule has 2 amide bonds. The minimum atomic E-state index is -4.74. The molecule has 0 fully saturated rings. The highest BCUT2D eigenvalue weighted by molar-refractivity contribution is 7.86. The molecule has 0 bridgehead atoms. The van der Waals surface area contributed by atoms with Crippen LogP contribution in [0.1, 0.15) is 117 Å². The van der Waals surface area contributed by atoms with E-state index in [4.69, 9.17) is 18.9 Å². The largest absolute Gasteiger partial charge is 0.490 e. The van der Waals surface area contributed by atoms with E-state index in [1.54, 1.807) is 19.1 Å². The zero-order valence-corrected chi connectivity index (χ0v) is 52.2. The van der Waals surface area contributed by atoms with Crippen molar-refractivity contribution in [3.05, 3.63) is 142 Å². The van der Waals surface area contributed by atoms with Crippen LogP contribution in [0.2, 0.25) is 0 Å². The van der Waals surface area contributed by atoms with Gasteiger partial charge in [0.15, 0.2) is 39.9 Å². The molecule has 486 valence electrons. The van der Waals surface area contributed by atoms with Gasteiger partial charge in [-0.2, -0.15) is 16.8 Å². The summed E-state index contributed by atoms with van der Waals surface area (Å²) >= 11 is 0. The Kier molecular flexibility index (Phi) is 17.0. The van der Waals surface area contributed by atoms with Gasteiger partial charge in [-0.15, -0.1) is 0 Å². The molecule has 0 aliphatic carbocycles. The van der Waals surface area contributed by atoms with Gasteiger partial charge in [-0.3, -0.25) is 23.5 Å². The van der Waals surface area contributed by atoms with Crippen molar-refractivity contribution in [1.82, 2.24) is 24.8 Å². The van der Waals surface area contributed by atoms with Crippen LogP contribution in [0.15, 0.2) is 47.3 Å². The van der Waals surface area contributed by atoms with Gasteiger partial charge in [0.2, 0.25) is 11.3 Å². The molecule has 0 atom stereocenters. The number of benzene rings is 4. The summed E-state index contributed by atoms with van der Waals surface area (Å²) in [5.41, 5.74) is -3.22. The van der Waals surface area contributed by atoms with Crippen molar-refractivity contribution in [3.63, 3.8) is 0 Å². The summed E-state index contributed by atoms with van der Waals surface area (Å²) < 4.78 is 164. The second-order valence-electron chi connectivity index (χ2n) is 24.2. The van der Waals surface area contributed by atoms with Crippen LogP contribution in [0, 0.1) is 30.2 Å². The molecule has 0 saturated carbocycles. The number of carboxylic acids is 2. The molecule has 11 rings (SSSR count). The van der Waals surface area contributed by atoms with Crippen molar-refractivity contribution in [1.29, 1.82) is 0 Å². The molecule has 0 radical (unpaired) electrons. The van der Waals surface area contributed by atoms with Crippen molar-refractivity contribution in [3.8, 4) is 17.2 Å². The Labute approximate surface area is 522 Å². The Hall–Kier alpha value is -8.61. The van der Waals surface area contributed by atoms with Crippen molar-refractivity contribution in [2.45, 2.75) is 77.8 Å². The summed E-state index contributed by atoms with van der Waals surface area (Å²) in [6.07, 6.45) is 4.37. The minimum Gasteiger partial charge on any atom is -0.490 e. The lowest BCUT2D eigenvalue weighted by molar-refractivity contribution is -0.121. The van der Waals surface area contributed by atoms with Gasteiger partial charge >= 0.3 is 11.9 Å². The number of carbonyl (C=O) groups is 4. The highest BCUT2D eigenvalue weighted by Crippen LogP contribution is 2.53. The number of halogens is 4. The lowest BCUT2D eigenvalue weighted by atomic mass is 9.78. The molecule has 2 aromatic heterocycles. The number of anilines is 1. The van der Waals surface area contributed by atoms with Crippen LogP contribution in [0.25, 0.3) is 38.5 Å². The Balaban J connectivity index is 0.838. The maximum Gasteiger partial charge on any atom is 0.354 e. The predicted octanol–water partition coefficient (Wildman–Crippen LogP) is 5.70. The highest BCUT2D eigenvalue weighted by atomic mass is 32.2. The number of rotatable bonds is 21. The van der Waals surface area contributed by atoms with Gasteiger partial charge in [0.05, 0.1) is 65.4 Å². The number of nitrogens with one attached hydrogen (secondary N) is 2. The normalized spacial score (nSPS) is 16.0. The van der Waals surface area contributed by atoms with E-state index in [2.05, 4.69) is 15.3 Å². The van der Waals surface area contributed by atoms with E-state index in [1.165, 1.54) is 24.3 Å². The van der Waals surface area contributed by atoms with Gasteiger partial charge < -0.3 is 49.3 Å². The maximum absolute atomic E-state index is 17.5. The van der Waals surface area contributed by atoms with E-state index in [-0.39, 0.29) is 131 Å². The van der Waals surface area contributed by atoms with E-state index in [9.17, 15) is 60.1 Å². The molecule has 29 heteroatoms. The first-order chi connectivity index (χ1) is 43.3. The van der Waals surface area contributed by atoms with Crippen molar-refractivity contribution < 1.29 is 91.8 Å². The van der Waals surface area contributed by atoms with Crippen molar-refractivity contribution in [2.75, 3.05) is 82.7 Å². The third kappa shape index (κ3) is 12.0. The molecule has 0 unspecified atom stereocenters. The summed E-state index contributed by atoms with van der Waals surface area (Å²) in [6, 6.07) is 6.36. The summed E-state index contributed by atoms with van der Waals surface area (Å²) in [6.45, 7) is 9.27. The van der Waals surface area contributed by atoms with Gasteiger partial charge in [0.1, 0.15) is 47.6 Å². The number of carboxylic acid groups (broad SMARTS) is 2. The zero-order valence-electron chi connectivity index (χ0n) is 50.6. The molecular weight excluding hydrogens is 1250 g/mol.